The van der Waals surface area contributed by atoms with Crippen LogP contribution in [0.5, 0.6) is 0 Å². The molecule has 2 atom stereocenters. The van der Waals surface area contributed by atoms with Crippen LogP contribution in [0, 0.1) is 11.7 Å². The zero-order valence-corrected chi connectivity index (χ0v) is 14.3. The van der Waals surface area contributed by atoms with Crippen LogP contribution in [0.25, 0.3) is 0 Å². The maximum absolute atomic E-state index is 13.1. The summed E-state index contributed by atoms with van der Waals surface area (Å²) in [5.41, 5.74) is 7.86. The molecule has 0 saturated heterocycles. The summed E-state index contributed by atoms with van der Waals surface area (Å²) >= 11 is 0. The van der Waals surface area contributed by atoms with Crippen molar-refractivity contribution in [3.8, 4) is 0 Å². The van der Waals surface area contributed by atoms with Gasteiger partial charge in [-0.2, -0.15) is 0 Å². The number of carbonyl (C=O) groups is 1. The maximum Gasteiger partial charge on any atom is 0.226 e. The monoisotopic (exact) mass is 341 g/mol. The normalized spacial score (nSPS) is 19.8. The number of pyridine rings is 1. The van der Waals surface area contributed by atoms with Crippen LogP contribution in [0.1, 0.15) is 30.5 Å². The molecule has 1 aliphatic carbocycles. The molecule has 3 rings (SSSR count). The minimum Gasteiger partial charge on any atom is -0.338 e. The molecule has 0 bridgehead atoms. The molecule has 4 nitrogen and oxygen atoms in total. The van der Waals surface area contributed by atoms with Gasteiger partial charge in [0.2, 0.25) is 5.91 Å². The van der Waals surface area contributed by atoms with E-state index < -0.39 is 0 Å². The summed E-state index contributed by atoms with van der Waals surface area (Å²) < 4.78 is 13.1. The fourth-order valence-electron chi connectivity index (χ4n) is 3.37. The Hall–Kier alpha value is -2.27. The first-order chi connectivity index (χ1) is 12.1. The highest BCUT2D eigenvalue weighted by molar-refractivity contribution is 5.79. The van der Waals surface area contributed by atoms with Gasteiger partial charge in [0.25, 0.3) is 0 Å². The smallest absolute Gasteiger partial charge is 0.226 e. The third-order valence-electron chi connectivity index (χ3n) is 4.78. The van der Waals surface area contributed by atoms with Crippen LogP contribution in [0.3, 0.4) is 0 Å². The molecule has 2 unspecified atom stereocenters. The van der Waals surface area contributed by atoms with Crippen molar-refractivity contribution < 1.29 is 9.18 Å². The second-order valence-corrected chi connectivity index (χ2v) is 6.73. The maximum atomic E-state index is 13.1. The Balaban J connectivity index is 1.70. The molecule has 1 amide bonds. The minimum absolute atomic E-state index is 0.000758. The van der Waals surface area contributed by atoms with E-state index in [1.807, 2.05) is 23.1 Å². The number of amides is 1. The van der Waals surface area contributed by atoms with Gasteiger partial charge < -0.3 is 10.6 Å². The fraction of sp³-hybridized carbons (Fsp3) is 0.400. The van der Waals surface area contributed by atoms with Gasteiger partial charge in [0.1, 0.15) is 5.82 Å². The number of hydrogen-bond donors (Lipinski definition) is 1. The van der Waals surface area contributed by atoms with Crippen LogP contribution in [0.2, 0.25) is 0 Å². The fourth-order valence-corrected chi connectivity index (χ4v) is 3.37. The number of rotatable bonds is 6. The van der Waals surface area contributed by atoms with E-state index in [1.165, 1.54) is 12.1 Å². The first-order valence-electron chi connectivity index (χ1n) is 8.80. The molecule has 1 fully saturated rings. The molecule has 1 aromatic carbocycles. The Morgan fingerprint density at radius 3 is 2.64 bits per heavy atom. The summed E-state index contributed by atoms with van der Waals surface area (Å²) in [5, 5.41) is 0. The molecule has 1 heterocycles. The average molecular weight is 341 g/mol. The summed E-state index contributed by atoms with van der Waals surface area (Å²) in [4.78, 5) is 19.2. The molecule has 132 valence electrons. The topological polar surface area (TPSA) is 59.2 Å². The summed E-state index contributed by atoms with van der Waals surface area (Å²) in [7, 11) is 0. The lowest BCUT2D eigenvalue weighted by Gasteiger charge is -2.26. The average Bonchev–Trinajstić information content (AvgIpc) is 3.07. The molecule has 5 heteroatoms. The third-order valence-corrected chi connectivity index (χ3v) is 4.78. The van der Waals surface area contributed by atoms with Crippen molar-refractivity contribution in [2.75, 3.05) is 6.54 Å². The summed E-state index contributed by atoms with van der Waals surface area (Å²) in [5.74, 6) is -0.121. The number of nitrogens with two attached hydrogens (primary N) is 1. The van der Waals surface area contributed by atoms with E-state index in [1.54, 1.807) is 18.3 Å². The van der Waals surface area contributed by atoms with E-state index in [9.17, 15) is 9.18 Å². The highest BCUT2D eigenvalue weighted by atomic mass is 19.1. The number of benzene rings is 1. The lowest BCUT2D eigenvalue weighted by Crippen LogP contribution is -2.37. The lowest BCUT2D eigenvalue weighted by atomic mass is 10.0. The largest absolute Gasteiger partial charge is 0.338 e. The van der Waals surface area contributed by atoms with Gasteiger partial charge in [-0.25, -0.2) is 4.39 Å². The van der Waals surface area contributed by atoms with Gasteiger partial charge in [-0.1, -0.05) is 18.2 Å². The number of halogens is 1. The van der Waals surface area contributed by atoms with Crippen molar-refractivity contribution in [3.63, 3.8) is 0 Å². The zero-order valence-electron chi connectivity index (χ0n) is 14.3. The van der Waals surface area contributed by atoms with Gasteiger partial charge in [-0.15, -0.1) is 0 Å². The quantitative estimate of drug-likeness (QED) is 0.879. The Morgan fingerprint density at radius 1 is 1.20 bits per heavy atom. The van der Waals surface area contributed by atoms with Crippen LogP contribution in [0.4, 0.5) is 4.39 Å². The second-order valence-electron chi connectivity index (χ2n) is 6.73. The van der Waals surface area contributed by atoms with E-state index in [0.717, 1.165) is 30.5 Å². The van der Waals surface area contributed by atoms with Gasteiger partial charge in [0.15, 0.2) is 0 Å². The molecule has 1 aliphatic rings. The highest BCUT2D eigenvalue weighted by Gasteiger charge is 2.31. The second kappa shape index (κ2) is 8.21. The van der Waals surface area contributed by atoms with Crippen LogP contribution in [0.15, 0.2) is 48.7 Å². The van der Waals surface area contributed by atoms with Crippen LogP contribution in [-0.2, 0) is 17.8 Å². The molecule has 0 spiro atoms. The van der Waals surface area contributed by atoms with Gasteiger partial charge in [-0.05, 0) is 49.1 Å². The van der Waals surface area contributed by atoms with Crippen molar-refractivity contribution in [3.05, 3.63) is 65.7 Å². The highest BCUT2D eigenvalue weighted by Crippen LogP contribution is 2.26. The van der Waals surface area contributed by atoms with Crippen LogP contribution >= 0.6 is 0 Å². The van der Waals surface area contributed by atoms with E-state index in [4.69, 9.17) is 5.73 Å². The minimum atomic E-state index is -0.267. The van der Waals surface area contributed by atoms with Crippen molar-refractivity contribution in [2.24, 2.45) is 11.7 Å². The third kappa shape index (κ3) is 4.86. The Bertz CT molecular complexity index is 690. The molecule has 2 N–H and O–H groups in total. The predicted octanol–water partition coefficient (Wildman–Crippen LogP) is 2.92. The van der Waals surface area contributed by atoms with Crippen molar-refractivity contribution in [1.82, 2.24) is 9.88 Å². The molecule has 0 radical (unpaired) electrons. The SMILES string of the molecule is NC1CCC(C(=O)N(CCc2ccccn2)Cc2ccc(F)cc2)C1. The molecule has 1 aromatic heterocycles. The molecule has 25 heavy (non-hydrogen) atoms. The lowest BCUT2D eigenvalue weighted by molar-refractivity contribution is -0.136. The molecular weight excluding hydrogens is 317 g/mol. The number of hydrogen-bond acceptors (Lipinski definition) is 3. The van der Waals surface area contributed by atoms with E-state index in [0.29, 0.717) is 19.5 Å². The van der Waals surface area contributed by atoms with E-state index in [2.05, 4.69) is 4.98 Å². The molecule has 2 aromatic rings. The number of nitrogens with zero attached hydrogens (tertiary/aromatic N) is 2. The first kappa shape index (κ1) is 17.5. The van der Waals surface area contributed by atoms with Gasteiger partial charge in [0, 0.05) is 43.4 Å². The Morgan fingerprint density at radius 2 is 2.00 bits per heavy atom. The Kier molecular flexibility index (Phi) is 5.76. The first-order valence-corrected chi connectivity index (χ1v) is 8.80. The standard InChI is InChI=1S/C20H24FN3O/c21-17-7-4-15(5-8-17)14-24(12-10-19-3-1-2-11-23-19)20(25)16-6-9-18(22)13-16/h1-5,7-8,11,16,18H,6,9-10,12-14,22H2. The molecule has 1 saturated carbocycles. The van der Waals surface area contributed by atoms with Crippen LogP contribution < -0.4 is 5.73 Å². The molecular formula is C20H24FN3O. The van der Waals surface area contributed by atoms with E-state index >= 15 is 0 Å². The summed E-state index contributed by atoms with van der Waals surface area (Å²) in [6, 6.07) is 12.2. The summed E-state index contributed by atoms with van der Waals surface area (Å²) in [6.45, 7) is 1.08. The predicted molar refractivity (Wildman–Crippen MR) is 95.1 cm³/mol. The van der Waals surface area contributed by atoms with Gasteiger partial charge in [-0.3, -0.25) is 9.78 Å². The van der Waals surface area contributed by atoms with Gasteiger partial charge in [0.05, 0.1) is 0 Å². The van der Waals surface area contributed by atoms with Crippen molar-refractivity contribution >= 4 is 5.91 Å². The van der Waals surface area contributed by atoms with Gasteiger partial charge >= 0.3 is 0 Å². The Labute approximate surface area is 147 Å². The van der Waals surface area contributed by atoms with Crippen LogP contribution in [-0.4, -0.2) is 28.4 Å². The number of carbonyl (C=O) groups excluding carboxylic acids is 1. The summed E-state index contributed by atoms with van der Waals surface area (Å²) in [6.07, 6.45) is 4.97. The molecule has 0 aliphatic heterocycles. The van der Waals surface area contributed by atoms with Crippen molar-refractivity contribution in [1.29, 1.82) is 0 Å². The van der Waals surface area contributed by atoms with Crippen molar-refractivity contribution in [2.45, 2.75) is 38.3 Å². The zero-order chi connectivity index (χ0) is 17.6. The number of aromatic nitrogens is 1. The van der Waals surface area contributed by atoms with E-state index in [-0.39, 0.29) is 23.7 Å².